The molecular weight excluding hydrogens is 278 g/mol. The number of benzene rings is 2. The summed E-state index contributed by atoms with van der Waals surface area (Å²) < 4.78 is 5.01. The van der Waals surface area contributed by atoms with Gasteiger partial charge >= 0.3 is 5.97 Å². The molecule has 22 heavy (non-hydrogen) atoms. The number of hydrogen-bond donors (Lipinski definition) is 2. The first kappa shape index (κ1) is 14.1. The Kier molecular flexibility index (Phi) is 3.55. The van der Waals surface area contributed by atoms with Gasteiger partial charge in [-0.2, -0.15) is 5.10 Å². The van der Waals surface area contributed by atoms with Crippen LogP contribution >= 0.6 is 0 Å². The van der Waals surface area contributed by atoms with Crippen molar-refractivity contribution in [2.24, 2.45) is 0 Å². The molecule has 5 nitrogen and oxygen atoms in total. The standard InChI is InChI=1S/C17H17N3O2/c1-3-22-17(21)16-13-7-5-11(8-15(13)19-20-16)14-9-12(18)6-4-10(14)2/h4-9H,3,18H2,1-2H3,(H,19,20). The molecule has 0 radical (unpaired) electrons. The topological polar surface area (TPSA) is 81.0 Å². The van der Waals surface area contributed by atoms with Crippen molar-refractivity contribution in [2.75, 3.05) is 12.3 Å². The van der Waals surface area contributed by atoms with Crippen LogP contribution in [0.5, 0.6) is 0 Å². The highest BCUT2D eigenvalue weighted by molar-refractivity contribution is 6.02. The van der Waals surface area contributed by atoms with Crippen molar-refractivity contribution < 1.29 is 9.53 Å². The third kappa shape index (κ3) is 2.41. The summed E-state index contributed by atoms with van der Waals surface area (Å²) in [6.07, 6.45) is 0. The van der Waals surface area contributed by atoms with Gasteiger partial charge < -0.3 is 10.5 Å². The van der Waals surface area contributed by atoms with Crippen molar-refractivity contribution in [3.8, 4) is 11.1 Å². The van der Waals surface area contributed by atoms with E-state index >= 15 is 0 Å². The molecule has 0 spiro atoms. The Balaban J connectivity index is 2.08. The zero-order chi connectivity index (χ0) is 15.7. The number of H-pyrrole nitrogens is 1. The Hall–Kier alpha value is -2.82. The lowest BCUT2D eigenvalue weighted by molar-refractivity contribution is 0.0521. The van der Waals surface area contributed by atoms with Gasteiger partial charge in [0.2, 0.25) is 0 Å². The molecule has 0 aliphatic rings. The number of nitrogen functional groups attached to an aromatic ring is 1. The minimum atomic E-state index is -0.415. The molecule has 0 amide bonds. The van der Waals surface area contributed by atoms with E-state index in [0.29, 0.717) is 12.3 Å². The summed E-state index contributed by atoms with van der Waals surface area (Å²) in [4.78, 5) is 11.9. The molecule has 1 heterocycles. The molecule has 0 atom stereocenters. The molecule has 3 rings (SSSR count). The molecular formula is C17H17N3O2. The van der Waals surface area contributed by atoms with Crippen molar-refractivity contribution in [3.63, 3.8) is 0 Å². The quantitative estimate of drug-likeness (QED) is 0.574. The Labute approximate surface area is 128 Å². The first-order chi connectivity index (χ1) is 10.6. The number of esters is 1. The number of aromatic nitrogens is 2. The van der Waals surface area contributed by atoms with E-state index in [1.807, 2.05) is 43.3 Å². The van der Waals surface area contributed by atoms with Crippen molar-refractivity contribution in [1.29, 1.82) is 0 Å². The molecule has 1 aromatic heterocycles. The van der Waals surface area contributed by atoms with E-state index in [4.69, 9.17) is 10.5 Å². The van der Waals surface area contributed by atoms with Gasteiger partial charge in [-0.1, -0.05) is 12.1 Å². The predicted octanol–water partition coefficient (Wildman–Crippen LogP) is 3.30. The Bertz CT molecular complexity index is 852. The van der Waals surface area contributed by atoms with Crippen LogP contribution in [0.3, 0.4) is 0 Å². The largest absolute Gasteiger partial charge is 0.461 e. The van der Waals surface area contributed by atoms with Crippen molar-refractivity contribution in [3.05, 3.63) is 47.7 Å². The fourth-order valence-electron chi connectivity index (χ4n) is 2.49. The fourth-order valence-corrected chi connectivity index (χ4v) is 2.49. The second kappa shape index (κ2) is 5.52. The summed E-state index contributed by atoms with van der Waals surface area (Å²) >= 11 is 0. The third-order valence-electron chi connectivity index (χ3n) is 3.60. The highest BCUT2D eigenvalue weighted by atomic mass is 16.5. The maximum absolute atomic E-state index is 11.9. The summed E-state index contributed by atoms with van der Waals surface area (Å²) in [6.45, 7) is 4.14. The summed E-state index contributed by atoms with van der Waals surface area (Å²) in [5.74, 6) is -0.415. The number of nitrogens with one attached hydrogen (secondary N) is 1. The van der Waals surface area contributed by atoms with Gasteiger partial charge in [-0.05, 0) is 54.8 Å². The number of aryl methyl sites for hydroxylation is 1. The number of aromatic amines is 1. The van der Waals surface area contributed by atoms with Crippen molar-refractivity contribution >= 4 is 22.6 Å². The Morgan fingerprint density at radius 3 is 2.86 bits per heavy atom. The second-order valence-corrected chi connectivity index (χ2v) is 5.13. The summed E-state index contributed by atoms with van der Waals surface area (Å²) in [7, 11) is 0. The highest BCUT2D eigenvalue weighted by Gasteiger charge is 2.15. The molecule has 112 valence electrons. The first-order valence-electron chi connectivity index (χ1n) is 7.12. The number of rotatable bonds is 3. The number of nitrogens with zero attached hydrogens (tertiary/aromatic N) is 1. The number of anilines is 1. The minimum Gasteiger partial charge on any atom is -0.461 e. The zero-order valence-electron chi connectivity index (χ0n) is 12.5. The summed E-state index contributed by atoms with van der Waals surface area (Å²) in [6, 6.07) is 11.6. The van der Waals surface area contributed by atoms with E-state index < -0.39 is 5.97 Å². The maximum atomic E-state index is 11.9. The van der Waals surface area contributed by atoms with Crippen LogP contribution < -0.4 is 5.73 Å². The zero-order valence-corrected chi connectivity index (χ0v) is 12.5. The van der Waals surface area contributed by atoms with Gasteiger partial charge in [0, 0.05) is 11.1 Å². The van der Waals surface area contributed by atoms with Crippen LogP contribution in [0.15, 0.2) is 36.4 Å². The molecule has 5 heteroatoms. The molecule has 0 saturated heterocycles. The van der Waals surface area contributed by atoms with Crippen LogP contribution in [-0.4, -0.2) is 22.8 Å². The van der Waals surface area contributed by atoms with Gasteiger partial charge in [0.25, 0.3) is 0 Å². The lowest BCUT2D eigenvalue weighted by Crippen LogP contribution is -2.05. The van der Waals surface area contributed by atoms with Crippen molar-refractivity contribution in [1.82, 2.24) is 10.2 Å². The third-order valence-corrected chi connectivity index (χ3v) is 3.60. The summed E-state index contributed by atoms with van der Waals surface area (Å²) in [5, 5.41) is 7.71. The molecule has 0 fully saturated rings. The summed E-state index contributed by atoms with van der Waals surface area (Å²) in [5.41, 5.74) is 10.9. The van der Waals surface area contributed by atoms with Crippen LogP contribution in [-0.2, 0) is 4.74 Å². The number of nitrogens with two attached hydrogens (primary N) is 1. The minimum absolute atomic E-state index is 0.313. The average molecular weight is 295 g/mol. The molecule has 3 N–H and O–H groups in total. The van der Waals surface area contributed by atoms with Gasteiger partial charge in [0.05, 0.1) is 12.1 Å². The molecule has 0 unspecified atom stereocenters. The van der Waals surface area contributed by atoms with E-state index in [-0.39, 0.29) is 0 Å². The van der Waals surface area contributed by atoms with Gasteiger partial charge in [-0.25, -0.2) is 4.79 Å². The molecule has 3 aromatic rings. The van der Waals surface area contributed by atoms with Crippen LogP contribution in [0.2, 0.25) is 0 Å². The number of fused-ring (bicyclic) bond motifs is 1. The van der Waals surface area contributed by atoms with Crippen LogP contribution in [0.4, 0.5) is 5.69 Å². The molecule has 0 aliphatic heterocycles. The number of ether oxygens (including phenoxy) is 1. The Morgan fingerprint density at radius 2 is 2.09 bits per heavy atom. The van der Waals surface area contributed by atoms with Crippen LogP contribution in [0.1, 0.15) is 23.0 Å². The molecule has 0 saturated carbocycles. The van der Waals surface area contributed by atoms with Crippen LogP contribution in [0.25, 0.3) is 22.0 Å². The highest BCUT2D eigenvalue weighted by Crippen LogP contribution is 2.29. The van der Waals surface area contributed by atoms with Gasteiger partial charge in [-0.15, -0.1) is 0 Å². The van der Waals surface area contributed by atoms with Crippen molar-refractivity contribution in [2.45, 2.75) is 13.8 Å². The molecule has 0 aliphatic carbocycles. The molecule has 0 bridgehead atoms. The van der Waals surface area contributed by atoms with E-state index in [1.54, 1.807) is 6.92 Å². The normalized spacial score (nSPS) is 10.8. The number of carbonyl (C=O) groups is 1. The van der Waals surface area contributed by atoms with Gasteiger partial charge in [0.15, 0.2) is 5.69 Å². The monoisotopic (exact) mass is 295 g/mol. The van der Waals surface area contributed by atoms with E-state index in [2.05, 4.69) is 10.2 Å². The Morgan fingerprint density at radius 1 is 1.27 bits per heavy atom. The van der Waals surface area contributed by atoms with Crippen LogP contribution in [0, 0.1) is 6.92 Å². The molecule has 2 aromatic carbocycles. The van der Waals surface area contributed by atoms with Gasteiger partial charge in [0.1, 0.15) is 0 Å². The van der Waals surface area contributed by atoms with E-state index in [0.717, 1.165) is 33.3 Å². The average Bonchev–Trinajstić information content (AvgIpc) is 2.93. The fraction of sp³-hybridized carbons (Fsp3) is 0.176. The van der Waals surface area contributed by atoms with E-state index in [1.165, 1.54) is 0 Å². The number of carbonyl (C=O) groups excluding carboxylic acids is 1. The first-order valence-corrected chi connectivity index (χ1v) is 7.12. The smallest absolute Gasteiger partial charge is 0.359 e. The second-order valence-electron chi connectivity index (χ2n) is 5.13. The maximum Gasteiger partial charge on any atom is 0.359 e. The predicted molar refractivity (Wildman–Crippen MR) is 86.6 cm³/mol. The SMILES string of the molecule is CCOC(=O)c1n[nH]c2cc(-c3cc(N)ccc3C)ccc12. The number of hydrogen-bond acceptors (Lipinski definition) is 4. The lowest BCUT2D eigenvalue weighted by atomic mass is 9.99. The lowest BCUT2D eigenvalue weighted by Gasteiger charge is -2.07. The van der Waals surface area contributed by atoms with E-state index in [9.17, 15) is 4.79 Å². The van der Waals surface area contributed by atoms with Gasteiger partial charge in [-0.3, -0.25) is 5.10 Å².